The van der Waals surface area contributed by atoms with Crippen molar-refractivity contribution in [3.05, 3.63) is 76.1 Å². The Bertz CT molecular complexity index is 1130. The Morgan fingerprint density at radius 1 is 1.28 bits per heavy atom. The molecule has 3 aromatic rings. The summed E-state index contributed by atoms with van der Waals surface area (Å²) >= 11 is 5.79. The lowest BCUT2D eigenvalue weighted by Gasteiger charge is -2.30. The maximum absolute atomic E-state index is 12.9. The Balaban J connectivity index is 1.56. The largest absolute Gasteiger partial charge is 0.497 e. The average molecular weight is 452 g/mol. The molecule has 1 aliphatic rings. The van der Waals surface area contributed by atoms with Crippen LogP contribution < -0.4 is 15.6 Å². The lowest BCUT2D eigenvalue weighted by atomic mass is 10.1. The number of pyridine rings is 1. The number of nitrogens with one attached hydrogen (secondary N) is 2. The van der Waals surface area contributed by atoms with Gasteiger partial charge in [-0.25, -0.2) is 0 Å². The maximum Gasteiger partial charge on any atom is 0.253 e. The van der Waals surface area contributed by atoms with Crippen LogP contribution in [0.4, 0.5) is 0 Å². The van der Waals surface area contributed by atoms with Crippen LogP contribution in [0.3, 0.4) is 0 Å². The lowest BCUT2D eigenvalue weighted by Crippen LogP contribution is -2.44. The van der Waals surface area contributed by atoms with E-state index in [1.165, 1.54) is 0 Å². The molecule has 2 aromatic carbocycles. The van der Waals surface area contributed by atoms with Crippen LogP contribution in [0.5, 0.6) is 5.75 Å². The summed E-state index contributed by atoms with van der Waals surface area (Å²) in [5.74, 6) is 0.709. The van der Waals surface area contributed by atoms with E-state index < -0.39 is 0 Å². The minimum Gasteiger partial charge on any atom is -0.497 e. The van der Waals surface area contributed by atoms with Crippen LogP contribution >= 0.6 is 12.2 Å². The van der Waals surface area contributed by atoms with Crippen LogP contribution in [-0.2, 0) is 11.3 Å². The van der Waals surface area contributed by atoms with E-state index in [2.05, 4.69) is 29.4 Å². The Kier molecular flexibility index (Phi) is 7.07. The topological polar surface area (TPSA) is 66.6 Å². The van der Waals surface area contributed by atoms with Gasteiger partial charge in [0.15, 0.2) is 5.11 Å². The van der Waals surface area contributed by atoms with Gasteiger partial charge in [0, 0.05) is 24.8 Å². The Morgan fingerprint density at radius 2 is 2.09 bits per heavy atom. The van der Waals surface area contributed by atoms with Crippen LogP contribution in [0.15, 0.2) is 59.4 Å². The first-order valence-electron chi connectivity index (χ1n) is 11.0. The number of benzene rings is 2. The van der Waals surface area contributed by atoms with E-state index in [9.17, 15) is 4.79 Å². The molecule has 1 aliphatic heterocycles. The molecule has 1 fully saturated rings. The molecule has 32 heavy (non-hydrogen) atoms. The van der Waals surface area contributed by atoms with Gasteiger partial charge in [0.25, 0.3) is 5.56 Å². The van der Waals surface area contributed by atoms with Gasteiger partial charge in [0.2, 0.25) is 0 Å². The molecule has 2 heterocycles. The summed E-state index contributed by atoms with van der Waals surface area (Å²) in [4.78, 5) is 17.9. The number of hydrogen-bond acceptors (Lipinski definition) is 4. The number of hydrogen-bond donors (Lipinski definition) is 2. The first-order valence-corrected chi connectivity index (χ1v) is 11.4. The molecule has 1 aromatic heterocycles. The van der Waals surface area contributed by atoms with Crippen LogP contribution in [0.2, 0.25) is 0 Å². The van der Waals surface area contributed by atoms with Crippen LogP contribution in [0, 0.1) is 0 Å². The Morgan fingerprint density at radius 3 is 2.81 bits per heavy atom. The molecule has 168 valence electrons. The van der Waals surface area contributed by atoms with E-state index in [0.717, 1.165) is 35.9 Å². The molecule has 0 bridgehead atoms. The quantitative estimate of drug-likeness (QED) is 0.526. The molecule has 0 radical (unpaired) electrons. The number of ether oxygens (including phenoxy) is 2. The molecule has 0 amide bonds. The number of methoxy groups -OCH3 is 1. The number of fused-ring (bicyclic) bond motifs is 1. The van der Waals surface area contributed by atoms with E-state index in [1.54, 1.807) is 7.11 Å². The van der Waals surface area contributed by atoms with E-state index in [-0.39, 0.29) is 17.7 Å². The summed E-state index contributed by atoms with van der Waals surface area (Å²) in [6.45, 7) is 3.91. The van der Waals surface area contributed by atoms with Gasteiger partial charge in [-0.2, -0.15) is 0 Å². The van der Waals surface area contributed by atoms with Crippen molar-refractivity contribution < 1.29 is 9.47 Å². The molecule has 2 N–H and O–H groups in total. The first-order chi connectivity index (χ1) is 15.5. The second-order valence-corrected chi connectivity index (χ2v) is 8.56. The van der Waals surface area contributed by atoms with Gasteiger partial charge in [-0.1, -0.05) is 30.3 Å². The highest BCUT2D eigenvalue weighted by molar-refractivity contribution is 7.80. The summed E-state index contributed by atoms with van der Waals surface area (Å²) in [6, 6.07) is 17.8. The second-order valence-electron chi connectivity index (χ2n) is 8.17. The monoisotopic (exact) mass is 451 g/mol. The summed E-state index contributed by atoms with van der Waals surface area (Å²) in [5, 5.41) is 5.00. The third kappa shape index (κ3) is 5.29. The fraction of sp³-hybridized carbons (Fsp3) is 0.360. The molecule has 0 spiro atoms. The van der Waals surface area contributed by atoms with Crippen molar-refractivity contribution in [1.82, 2.24) is 15.2 Å². The zero-order valence-electron chi connectivity index (χ0n) is 18.5. The van der Waals surface area contributed by atoms with Gasteiger partial charge in [-0.05, 0) is 61.1 Å². The number of aromatic amines is 1. The van der Waals surface area contributed by atoms with Crippen LogP contribution in [0.1, 0.15) is 36.9 Å². The Labute approximate surface area is 193 Å². The highest BCUT2D eigenvalue weighted by atomic mass is 32.1. The second kappa shape index (κ2) is 10.1. The number of nitrogens with zero attached hydrogens (tertiary/aromatic N) is 1. The van der Waals surface area contributed by atoms with Gasteiger partial charge in [0.1, 0.15) is 5.75 Å². The van der Waals surface area contributed by atoms with Crippen molar-refractivity contribution in [2.45, 2.75) is 38.5 Å². The number of thiocarbonyl (C=S) groups is 1. The summed E-state index contributed by atoms with van der Waals surface area (Å²) in [7, 11) is 1.61. The molecule has 4 rings (SSSR count). The lowest BCUT2D eigenvalue weighted by molar-refractivity contribution is 0.0895. The highest BCUT2D eigenvalue weighted by Gasteiger charge is 2.23. The molecule has 2 atom stereocenters. The smallest absolute Gasteiger partial charge is 0.253 e. The molecular formula is C25H29N3O3S. The van der Waals surface area contributed by atoms with Gasteiger partial charge < -0.3 is 24.7 Å². The van der Waals surface area contributed by atoms with E-state index in [4.69, 9.17) is 21.7 Å². The highest BCUT2D eigenvalue weighted by Crippen LogP contribution is 2.20. The zero-order valence-corrected chi connectivity index (χ0v) is 19.3. The first kappa shape index (κ1) is 22.3. The number of rotatable bonds is 7. The van der Waals surface area contributed by atoms with E-state index >= 15 is 0 Å². The standard InChI is InChI=1S/C25H29N3O3S/c1-17(18-7-4-3-5-8-18)26-25(32)28(16-22-9-6-12-31-22)15-20-13-19-10-11-21(30-2)14-23(19)27-24(20)29/h3-5,7-8,10-11,13-14,17,22H,6,9,12,15-16H2,1-2H3,(H,26,32)(H,27,29)/t17-,22+/m0/s1. The predicted octanol–water partition coefficient (Wildman–Crippen LogP) is 4.15. The Hall–Kier alpha value is -2.90. The zero-order chi connectivity index (χ0) is 22.5. The predicted molar refractivity (Wildman–Crippen MR) is 131 cm³/mol. The van der Waals surface area contributed by atoms with Gasteiger partial charge >= 0.3 is 0 Å². The molecule has 6 nitrogen and oxygen atoms in total. The van der Waals surface area contributed by atoms with Crippen molar-refractivity contribution in [2.75, 3.05) is 20.3 Å². The number of aromatic nitrogens is 1. The van der Waals surface area contributed by atoms with Crippen molar-refractivity contribution in [3.63, 3.8) is 0 Å². The minimum atomic E-state index is -0.123. The SMILES string of the molecule is COc1ccc2cc(CN(C[C@H]3CCCO3)C(=S)N[C@@H](C)c3ccccc3)c(=O)[nH]c2c1. The van der Waals surface area contributed by atoms with Crippen molar-refractivity contribution in [3.8, 4) is 5.75 Å². The molecule has 7 heteroatoms. The summed E-state index contributed by atoms with van der Waals surface area (Å²) in [6.07, 6.45) is 2.17. The van der Waals surface area contributed by atoms with Crippen LogP contribution in [0.25, 0.3) is 10.9 Å². The van der Waals surface area contributed by atoms with Crippen LogP contribution in [-0.4, -0.2) is 41.4 Å². The summed E-state index contributed by atoms with van der Waals surface area (Å²) in [5.41, 5.74) is 2.45. The normalized spacial score (nSPS) is 16.6. The fourth-order valence-electron chi connectivity index (χ4n) is 4.03. The third-order valence-corrected chi connectivity index (χ3v) is 6.24. The molecule has 0 unspecified atom stereocenters. The molecule has 0 aliphatic carbocycles. The number of H-pyrrole nitrogens is 1. The third-order valence-electron chi connectivity index (χ3n) is 5.87. The van der Waals surface area contributed by atoms with Crippen molar-refractivity contribution >= 4 is 28.2 Å². The molecule has 1 saturated heterocycles. The summed E-state index contributed by atoms with van der Waals surface area (Å²) < 4.78 is 11.1. The van der Waals surface area contributed by atoms with Gasteiger partial charge in [-0.3, -0.25) is 4.79 Å². The fourth-order valence-corrected chi connectivity index (χ4v) is 4.35. The van der Waals surface area contributed by atoms with E-state index in [1.807, 2.05) is 47.4 Å². The van der Waals surface area contributed by atoms with Crippen molar-refractivity contribution in [2.24, 2.45) is 0 Å². The maximum atomic E-state index is 12.9. The van der Waals surface area contributed by atoms with Gasteiger partial charge in [0.05, 0.1) is 31.3 Å². The molecular weight excluding hydrogens is 422 g/mol. The van der Waals surface area contributed by atoms with Gasteiger partial charge in [-0.15, -0.1) is 0 Å². The average Bonchev–Trinajstić information content (AvgIpc) is 3.32. The molecule has 0 saturated carbocycles. The minimum absolute atomic E-state index is 0.0537. The van der Waals surface area contributed by atoms with Crippen molar-refractivity contribution in [1.29, 1.82) is 0 Å². The van der Waals surface area contributed by atoms with E-state index in [0.29, 0.717) is 29.5 Å².